The van der Waals surface area contributed by atoms with Crippen LogP contribution in [-0.2, 0) is 10.2 Å². The van der Waals surface area contributed by atoms with Gasteiger partial charge < -0.3 is 10.1 Å². The quantitative estimate of drug-likeness (QED) is 0.863. The van der Waals surface area contributed by atoms with E-state index in [4.69, 9.17) is 4.74 Å². The lowest BCUT2D eigenvalue weighted by Crippen LogP contribution is -2.64. The smallest absolute Gasteiger partial charge is 0.0670 e. The van der Waals surface area contributed by atoms with E-state index in [-0.39, 0.29) is 5.41 Å². The predicted molar refractivity (Wildman–Crippen MR) is 88.9 cm³/mol. The third-order valence-corrected chi connectivity index (χ3v) is 5.53. The summed E-state index contributed by atoms with van der Waals surface area (Å²) in [7, 11) is 0. The van der Waals surface area contributed by atoms with Crippen molar-refractivity contribution >= 4 is 5.69 Å². The number of hydrogen-bond acceptors (Lipinski definition) is 2. The topological polar surface area (TPSA) is 21.3 Å². The Morgan fingerprint density at radius 3 is 2.33 bits per heavy atom. The van der Waals surface area contributed by atoms with E-state index < -0.39 is 0 Å². The Hall–Kier alpha value is -1.02. The van der Waals surface area contributed by atoms with Crippen LogP contribution in [0.4, 0.5) is 5.69 Å². The lowest BCUT2D eigenvalue weighted by atomic mass is 9.51. The molecule has 3 rings (SSSR count). The van der Waals surface area contributed by atoms with E-state index >= 15 is 0 Å². The molecule has 0 amide bonds. The number of nitrogens with one attached hydrogen (secondary N) is 1. The fourth-order valence-corrected chi connectivity index (χ4v) is 3.91. The molecule has 0 heterocycles. The first-order valence-corrected chi connectivity index (χ1v) is 8.44. The molecule has 0 aromatic heterocycles. The summed E-state index contributed by atoms with van der Waals surface area (Å²) in [5.74, 6) is 0. The number of rotatable bonds is 4. The van der Waals surface area contributed by atoms with E-state index in [0.717, 1.165) is 13.0 Å². The summed E-state index contributed by atoms with van der Waals surface area (Å²) in [6.07, 6.45) is 5.67. The highest BCUT2D eigenvalue weighted by atomic mass is 16.5. The normalized spacial score (nSPS) is 27.0. The molecule has 2 aliphatic carbocycles. The van der Waals surface area contributed by atoms with E-state index in [9.17, 15) is 0 Å². The van der Waals surface area contributed by atoms with Crippen molar-refractivity contribution in [3.05, 3.63) is 29.8 Å². The van der Waals surface area contributed by atoms with Crippen molar-refractivity contribution < 1.29 is 4.74 Å². The van der Waals surface area contributed by atoms with Crippen LogP contribution in [0.3, 0.4) is 0 Å². The van der Waals surface area contributed by atoms with Gasteiger partial charge in [0.25, 0.3) is 0 Å². The zero-order valence-corrected chi connectivity index (χ0v) is 13.9. The number of anilines is 1. The molecule has 1 aromatic carbocycles. The van der Waals surface area contributed by atoms with E-state index in [2.05, 4.69) is 57.3 Å². The highest BCUT2D eigenvalue weighted by Crippen LogP contribution is 2.58. The van der Waals surface area contributed by atoms with Crippen molar-refractivity contribution in [2.24, 2.45) is 5.41 Å². The van der Waals surface area contributed by atoms with Crippen LogP contribution in [0.2, 0.25) is 0 Å². The van der Waals surface area contributed by atoms with Gasteiger partial charge >= 0.3 is 0 Å². The Kier molecular flexibility index (Phi) is 3.77. The molecule has 2 fully saturated rings. The van der Waals surface area contributed by atoms with Gasteiger partial charge in [-0.1, -0.05) is 39.3 Å². The van der Waals surface area contributed by atoms with Crippen LogP contribution in [0.5, 0.6) is 0 Å². The molecule has 1 spiro atoms. The molecule has 0 bridgehead atoms. The minimum atomic E-state index is 0.226. The van der Waals surface area contributed by atoms with Crippen LogP contribution >= 0.6 is 0 Å². The number of ether oxygens (including phenoxy) is 1. The van der Waals surface area contributed by atoms with Gasteiger partial charge in [-0.2, -0.15) is 0 Å². The Morgan fingerprint density at radius 2 is 1.86 bits per heavy atom. The lowest BCUT2D eigenvalue weighted by molar-refractivity contribution is -0.157. The highest BCUT2D eigenvalue weighted by molar-refractivity contribution is 5.48. The van der Waals surface area contributed by atoms with Crippen LogP contribution in [-0.4, -0.2) is 18.8 Å². The Balaban J connectivity index is 1.65. The molecule has 0 radical (unpaired) electrons. The van der Waals surface area contributed by atoms with Crippen LogP contribution in [0.15, 0.2) is 24.3 Å². The molecule has 2 heteroatoms. The van der Waals surface area contributed by atoms with Crippen molar-refractivity contribution in [1.29, 1.82) is 0 Å². The van der Waals surface area contributed by atoms with Gasteiger partial charge in [0.1, 0.15) is 0 Å². The minimum absolute atomic E-state index is 0.226. The van der Waals surface area contributed by atoms with E-state index in [1.807, 2.05) is 0 Å². The van der Waals surface area contributed by atoms with Crippen molar-refractivity contribution in [1.82, 2.24) is 0 Å². The van der Waals surface area contributed by atoms with Crippen LogP contribution in [0.1, 0.15) is 58.9 Å². The Morgan fingerprint density at radius 1 is 1.19 bits per heavy atom. The molecule has 2 saturated carbocycles. The van der Waals surface area contributed by atoms with Crippen LogP contribution in [0.25, 0.3) is 0 Å². The molecular formula is C19H29NO. The van der Waals surface area contributed by atoms with Gasteiger partial charge in [0, 0.05) is 23.8 Å². The fraction of sp³-hybridized carbons (Fsp3) is 0.684. The molecule has 2 atom stereocenters. The molecule has 2 aliphatic rings. The Bertz CT molecular complexity index is 481. The Labute approximate surface area is 129 Å². The third-order valence-electron chi connectivity index (χ3n) is 5.53. The zero-order chi connectivity index (χ0) is 15.1. The first-order valence-electron chi connectivity index (χ1n) is 8.44. The van der Waals surface area contributed by atoms with Crippen LogP contribution in [0, 0.1) is 5.41 Å². The summed E-state index contributed by atoms with van der Waals surface area (Å²) < 4.78 is 5.93. The van der Waals surface area contributed by atoms with Gasteiger partial charge in [0.05, 0.1) is 6.10 Å². The lowest BCUT2D eigenvalue weighted by Gasteiger charge is -2.61. The maximum Gasteiger partial charge on any atom is 0.0670 e. The second kappa shape index (κ2) is 5.31. The van der Waals surface area contributed by atoms with Gasteiger partial charge in [-0.05, 0) is 49.3 Å². The fourth-order valence-electron chi connectivity index (χ4n) is 3.91. The molecular weight excluding hydrogens is 258 g/mol. The molecule has 2 unspecified atom stereocenters. The highest BCUT2D eigenvalue weighted by Gasteiger charge is 2.58. The largest absolute Gasteiger partial charge is 0.382 e. The van der Waals surface area contributed by atoms with Gasteiger partial charge in [-0.25, -0.2) is 0 Å². The summed E-state index contributed by atoms with van der Waals surface area (Å²) in [6, 6.07) is 9.59. The molecule has 0 saturated heterocycles. The van der Waals surface area contributed by atoms with Gasteiger partial charge in [-0.3, -0.25) is 0 Å². The van der Waals surface area contributed by atoms with E-state index in [1.165, 1.54) is 30.5 Å². The summed E-state index contributed by atoms with van der Waals surface area (Å²) in [4.78, 5) is 0. The second-order valence-corrected chi connectivity index (χ2v) is 7.79. The van der Waals surface area contributed by atoms with Crippen molar-refractivity contribution in [3.8, 4) is 0 Å². The number of benzene rings is 1. The van der Waals surface area contributed by atoms with Gasteiger partial charge in [-0.15, -0.1) is 0 Å². The average Bonchev–Trinajstić information content (AvgIpc) is 2.35. The molecule has 2 nitrogen and oxygen atoms in total. The van der Waals surface area contributed by atoms with Crippen LogP contribution < -0.4 is 5.32 Å². The SMILES string of the molecule is CCOC1CC(Nc2ccc(C(C)(C)C)cc2)C12CCC2. The third kappa shape index (κ3) is 2.59. The van der Waals surface area contributed by atoms with Gasteiger partial charge in [0.2, 0.25) is 0 Å². The first-order chi connectivity index (χ1) is 9.95. The predicted octanol–water partition coefficient (Wildman–Crippen LogP) is 4.74. The van der Waals surface area contributed by atoms with Crippen molar-refractivity contribution in [2.45, 2.75) is 70.9 Å². The minimum Gasteiger partial charge on any atom is -0.382 e. The molecule has 1 N–H and O–H groups in total. The van der Waals surface area contributed by atoms with Gasteiger partial charge in [0.15, 0.2) is 0 Å². The summed E-state index contributed by atoms with van der Waals surface area (Å²) in [5.41, 5.74) is 3.31. The summed E-state index contributed by atoms with van der Waals surface area (Å²) in [6.45, 7) is 9.74. The molecule has 116 valence electrons. The molecule has 1 aromatic rings. The molecule has 0 aliphatic heterocycles. The summed E-state index contributed by atoms with van der Waals surface area (Å²) >= 11 is 0. The standard InChI is InChI=1S/C19H29NO/c1-5-21-17-13-16(19(17)11-6-12-19)20-15-9-7-14(8-10-15)18(2,3)4/h7-10,16-17,20H,5-6,11-13H2,1-4H3. The first kappa shape index (κ1) is 14.9. The zero-order valence-electron chi connectivity index (χ0n) is 13.9. The average molecular weight is 287 g/mol. The van der Waals surface area contributed by atoms with E-state index in [1.54, 1.807) is 0 Å². The number of hydrogen-bond donors (Lipinski definition) is 1. The maximum absolute atomic E-state index is 5.93. The summed E-state index contributed by atoms with van der Waals surface area (Å²) in [5, 5.41) is 3.76. The maximum atomic E-state index is 5.93. The van der Waals surface area contributed by atoms with Crippen molar-refractivity contribution in [3.63, 3.8) is 0 Å². The molecule has 21 heavy (non-hydrogen) atoms. The second-order valence-electron chi connectivity index (χ2n) is 7.79. The monoisotopic (exact) mass is 287 g/mol. The van der Waals surface area contributed by atoms with E-state index in [0.29, 0.717) is 17.6 Å². The van der Waals surface area contributed by atoms with Crippen molar-refractivity contribution in [2.75, 3.05) is 11.9 Å².